The number of nitrogens with one attached hydrogen (secondary N) is 1. The van der Waals surface area contributed by atoms with Gasteiger partial charge in [0.2, 0.25) is 0 Å². The average molecular weight is 114 g/mol. The maximum atomic E-state index is 10.6. The molecule has 1 aliphatic heterocycles. The van der Waals surface area contributed by atoms with E-state index in [4.69, 9.17) is 0 Å². The summed E-state index contributed by atoms with van der Waals surface area (Å²) < 4.78 is 0. The van der Waals surface area contributed by atoms with Gasteiger partial charge in [-0.25, -0.2) is 5.11 Å². The van der Waals surface area contributed by atoms with Crippen molar-refractivity contribution in [2.75, 3.05) is 6.54 Å². The minimum Gasteiger partial charge on any atom is -0.312 e. The average Bonchev–Trinajstić information content (AvgIpc) is 1.77. The predicted molar refractivity (Wildman–Crippen MR) is 31.2 cm³/mol. The molecule has 0 saturated carbocycles. The van der Waals surface area contributed by atoms with Gasteiger partial charge in [0.15, 0.2) is 0 Å². The first kappa shape index (κ1) is 6.05. The van der Waals surface area contributed by atoms with Gasteiger partial charge in [-0.3, -0.25) is 0 Å². The molecule has 1 radical (unpaired) electrons. The number of hydrogen-bond donors (Lipinski definition) is 1. The molecule has 1 aliphatic rings. The van der Waals surface area contributed by atoms with Crippen LogP contribution in [0.15, 0.2) is 0 Å². The van der Waals surface area contributed by atoms with Crippen LogP contribution in [0.5, 0.6) is 0 Å². The lowest BCUT2D eigenvalue weighted by Crippen LogP contribution is -2.38. The third kappa shape index (κ3) is 1.46. The van der Waals surface area contributed by atoms with E-state index < -0.39 is 0 Å². The van der Waals surface area contributed by atoms with Crippen LogP contribution >= 0.6 is 0 Å². The van der Waals surface area contributed by atoms with Crippen molar-refractivity contribution in [1.29, 1.82) is 0 Å². The van der Waals surface area contributed by atoms with Crippen LogP contribution in [0.3, 0.4) is 0 Å². The van der Waals surface area contributed by atoms with E-state index in [0.29, 0.717) is 12.6 Å². The molecule has 47 valence electrons. The van der Waals surface area contributed by atoms with E-state index in [-0.39, 0.29) is 6.10 Å². The maximum Gasteiger partial charge on any atom is 0.105 e. The van der Waals surface area contributed by atoms with Gasteiger partial charge in [0.25, 0.3) is 0 Å². The van der Waals surface area contributed by atoms with E-state index >= 15 is 0 Å². The van der Waals surface area contributed by atoms with Crippen LogP contribution in [0.4, 0.5) is 0 Å². The molecule has 2 nitrogen and oxygen atoms in total. The minimum absolute atomic E-state index is 0.341. The largest absolute Gasteiger partial charge is 0.312 e. The van der Waals surface area contributed by atoms with Gasteiger partial charge in [-0.05, 0) is 19.8 Å². The standard InChI is InChI=1S/C6H12NO/c1-5-2-3-6(8)4-7-5/h5-7H,2-4H2,1H3. The SMILES string of the molecule is CC1CCC([O])CN1. The van der Waals surface area contributed by atoms with Crippen molar-refractivity contribution in [3.05, 3.63) is 0 Å². The zero-order chi connectivity index (χ0) is 5.98. The van der Waals surface area contributed by atoms with Crippen LogP contribution in [0.25, 0.3) is 0 Å². The number of hydrogen-bond acceptors (Lipinski definition) is 1. The first-order valence-electron chi connectivity index (χ1n) is 3.18. The van der Waals surface area contributed by atoms with Gasteiger partial charge >= 0.3 is 0 Å². The summed E-state index contributed by atoms with van der Waals surface area (Å²) in [5, 5.41) is 13.7. The molecular formula is C6H12NO. The molecule has 2 unspecified atom stereocenters. The summed E-state index contributed by atoms with van der Waals surface area (Å²) in [6.07, 6.45) is 1.56. The smallest absolute Gasteiger partial charge is 0.105 e. The lowest BCUT2D eigenvalue weighted by Gasteiger charge is -2.21. The van der Waals surface area contributed by atoms with Gasteiger partial charge in [0, 0.05) is 12.6 Å². The van der Waals surface area contributed by atoms with E-state index in [9.17, 15) is 5.11 Å². The Kier molecular flexibility index (Phi) is 1.86. The maximum absolute atomic E-state index is 10.6. The van der Waals surface area contributed by atoms with Crippen molar-refractivity contribution in [1.82, 2.24) is 5.32 Å². The molecule has 1 rings (SSSR count). The fourth-order valence-corrected chi connectivity index (χ4v) is 0.973. The highest BCUT2D eigenvalue weighted by Gasteiger charge is 2.14. The summed E-state index contributed by atoms with van der Waals surface area (Å²) in [6.45, 7) is 2.78. The molecule has 2 atom stereocenters. The predicted octanol–water partition coefficient (Wildman–Crippen LogP) is 0.557. The number of piperidine rings is 1. The molecule has 2 heteroatoms. The molecule has 0 aliphatic carbocycles. The summed E-state index contributed by atoms with van der Waals surface area (Å²) in [6, 6.07) is 0.570. The Morgan fingerprint density at radius 2 is 2.25 bits per heavy atom. The third-order valence-corrected chi connectivity index (χ3v) is 1.62. The molecule has 1 saturated heterocycles. The molecule has 1 heterocycles. The first-order valence-corrected chi connectivity index (χ1v) is 3.18. The van der Waals surface area contributed by atoms with Gasteiger partial charge in [0.1, 0.15) is 6.10 Å². The Morgan fingerprint density at radius 1 is 1.50 bits per heavy atom. The van der Waals surface area contributed by atoms with Crippen molar-refractivity contribution in [3.8, 4) is 0 Å². The van der Waals surface area contributed by atoms with Crippen LogP contribution in [0, 0.1) is 0 Å². The highest BCUT2D eigenvalue weighted by molar-refractivity contribution is 4.72. The Balaban J connectivity index is 2.19. The first-order chi connectivity index (χ1) is 3.79. The van der Waals surface area contributed by atoms with E-state index in [0.717, 1.165) is 12.8 Å². The summed E-state index contributed by atoms with van der Waals surface area (Å²) in [7, 11) is 0. The van der Waals surface area contributed by atoms with Crippen molar-refractivity contribution >= 4 is 0 Å². The monoisotopic (exact) mass is 114 g/mol. The molecular weight excluding hydrogens is 102 g/mol. The summed E-state index contributed by atoms with van der Waals surface area (Å²) in [5.74, 6) is 0. The Morgan fingerprint density at radius 3 is 2.62 bits per heavy atom. The van der Waals surface area contributed by atoms with E-state index in [1.54, 1.807) is 0 Å². The normalized spacial score (nSPS) is 39.8. The van der Waals surface area contributed by atoms with Crippen molar-refractivity contribution < 1.29 is 5.11 Å². The van der Waals surface area contributed by atoms with Gasteiger partial charge in [-0.1, -0.05) is 0 Å². The Labute approximate surface area is 49.9 Å². The summed E-state index contributed by atoms with van der Waals surface area (Å²) >= 11 is 0. The zero-order valence-corrected chi connectivity index (χ0v) is 5.18. The molecule has 1 fully saturated rings. The van der Waals surface area contributed by atoms with Crippen LogP contribution in [0.1, 0.15) is 19.8 Å². The van der Waals surface area contributed by atoms with E-state index in [1.807, 2.05) is 0 Å². The summed E-state index contributed by atoms with van der Waals surface area (Å²) in [4.78, 5) is 0. The fourth-order valence-electron chi connectivity index (χ4n) is 0.973. The van der Waals surface area contributed by atoms with E-state index in [2.05, 4.69) is 12.2 Å². The van der Waals surface area contributed by atoms with Crippen molar-refractivity contribution in [2.24, 2.45) is 0 Å². The molecule has 0 bridgehead atoms. The Bertz CT molecular complexity index is 56.9. The molecule has 0 aromatic carbocycles. The van der Waals surface area contributed by atoms with Crippen LogP contribution in [-0.4, -0.2) is 18.7 Å². The third-order valence-electron chi connectivity index (χ3n) is 1.62. The molecule has 0 aromatic heterocycles. The quantitative estimate of drug-likeness (QED) is 0.490. The molecule has 1 N–H and O–H groups in total. The lowest BCUT2D eigenvalue weighted by atomic mass is 10.0. The topological polar surface area (TPSA) is 31.9 Å². The Hall–Kier alpha value is -0.0800. The second-order valence-corrected chi connectivity index (χ2v) is 2.51. The molecule has 0 amide bonds. The van der Waals surface area contributed by atoms with Crippen LogP contribution in [0.2, 0.25) is 0 Å². The van der Waals surface area contributed by atoms with Crippen LogP contribution < -0.4 is 5.32 Å². The van der Waals surface area contributed by atoms with E-state index in [1.165, 1.54) is 0 Å². The second kappa shape index (κ2) is 2.46. The van der Waals surface area contributed by atoms with Gasteiger partial charge in [0.05, 0.1) is 0 Å². The zero-order valence-electron chi connectivity index (χ0n) is 5.18. The highest BCUT2D eigenvalue weighted by Crippen LogP contribution is 2.06. The number of rotatable bonds is 0. The molecule has 8 heavy (non-hydrogen) atoms. The molecule has 0 aromatic rings. The van der Waals surface area contributed by atoms with Crippen LogP contribution in [-0.2, 0) is 5.11 Å². The molecule has 0 spiro atoms. The minimum atomic E-state index is -0.341. The lowest BCUT2D eigenvalue weighted by molar-refractivity contribution is 0.0583. The van der Waals surface area contributed by atoms with Gasteiger partial charge in [-0.15, -0.1) is 0 Å². The van der Waals surface area contributed by atoms with Gasteiger partial charge < -0.3 is 5.32 Å². The second-order valence-electron chi connectivity index (χ2n) is 2.51. The summed E-state index contributed by atoms with van der Waals surface area (Å²) in [5.41, 5.74) is 0. The van der Waals surface area contributed by atoms with Crippen molar-refractivity contribution in [2.45, 2.75) is 31.9 Å². The highest BCUT2D eigenvalue weighted by atomic mass is 16.3. The fraction of sp³-hybridized carbons (Fsp3) is 1.00. The van der Waals surface area contributed by atoms with Gasteiger partial charge in [-0.2, -0.15) is 0 Å². The van der Waals surface area contributed by atoms with Crippen molar-refractivity contribution in [3.63, 3.8) is 0 Å².